The van der Waals surface area contributed by atoms with Crippen molar-refractivity contribution in [3.8, 4) is 22.9 Å². The molecule has 2 heterocycles. The number of fused-ring (bicyclic) bond motifs is 1. The lowest BCUT2D eigenvalue weighted by atomic mass is 10.2. The molecule has 8 heteroatoms. The molecule has 27 heavy (non-hydrogen) atoms. The smallest absolute Gasteiger partial charge is 0.191 e. The first-order valence-electron chi connectivity index (χ1n) is 8.48. The van der Waals surface area contributed by atoms with Crippen LogP contribution in [-0.4, -0.2) is 28.0 Å². The summed E-state index contributed by atoms with van der Waals surface area (Å²) >= 11 is 7.48. The fourth-order valence-electron chi connectivity index (χ4n) is 2.80. The summed E-state index contributed by atoms with van der Waals surface area (Å²) < 4.78 is 27.2. The SMILES string of the molecule is Cn1c(SCc2c(F)cccc2Cl)nnc1-c1ccc2c(c1)OCCCO2. The molecular weight excluding hydrogens is 389 g/mol. The zero-order chi connectivity index (χ0) is 18.8. The van der Waals surface area contributed by atoms with Crippen LogP contribution < -0.4 is 9.47 Å². The fraction of sp³-hybridized carbons (Fsp3) is 0.263. The van der Waals surface area contributed by atoms with Crippen molar-refractivity contribution >= 4 is 23.4 Å². The maximum atomic E-state index is 14.0. The number of hydrogen-bond acceptors (Lipinski definition) is 5. The number of rotatable bonds is 4. The van der Waals surface area contributed by atoms with E-state index in [1.54, 1.807) is 12.1 Å². The van der Waals surface area contributed by atoms with E-state index in [9.17, 15) is 4.39 Å². The Bertz CT molecular complexity index is 959. The summed E-state index contributed by atoms with van der Waals surface area (Å²) in [6, 6.07) is 10.4. The zero-order valence-corrected chi connectivity index (χ0v) is 16.2. The van der Waals surface area contributed by atoms with Crippen molar-refractivity contribution < 1.29 is 13.9 Å². The van der Waals surface area contributed by atoms with Gasteiger partial charge in [-0.1, -0.05) is 29.4 Å². The average Bonchev–Trinajstić information content (AvgIpc) is 2.88. The second-order valence-electron chi connectivity index (χ2n) is 6.07. The minimum absolute atomic E-state index is 0.319. The summed E-state index contributed by atoms with van der Waals surface area (Å²) in [5, 5.41) is 9.61. The molecule has 2 aromatic carbocycles. The van der Waals surface area contributed by atoms with E-state index >= 15 is 0 Å². The molecule has 0 bridgehead atoms. The minimum Gasteiger partial charge on any atom is -0.490 e. The fourth-order valence-corrected chi connectivity index (χ4v) is 4.06. The third kappa shape index (κ3) is 3.75. The van der Waals surface area contributed by atoms with Gasteiger partial charge in [-0.25, -0.2) is 4.39 Å². The monoisotopic (exact) mass is 405 g/mol. The minimum atomic E-state index is -0.319. The first-order chi connectivity index (χ1) is 13.1. The molecule has 140 valence electrons. The van der Waals surface area contributed by atoms with Crippen LogP contribution in [0.15, 0.2) is 41.6 Å². The van der Waals surface area contributed by atoms with E-state index in [1.165, 1.54) is 17.8 Å². The second-order valence-corrected chi connectivity index (χ2v) is 7.42. The van der Waals surface area contributed by atoms with Gasteiger partial charge in [0.2, 0.25) is 0 Å². The predicted octanol–water partition coefficient (Wildman–Crippen LogP) is 4.73. The molecule has 0 N–H and O–H groups in total. The topological polar surface area (TPSA) is 49.2 Å². The number of ether oxygens (including phenoxy) is 2. The van der Waals surface area contributed by atoms with Gasteiger partial charge in [0.25, 0.3) is 0 Å². The van der Waals surface area contributed by atoms with Crippen molar-refractivity contribution in [3.63, 3.8) is 0 Å². The first kappa shape index (κ1) is 18.1. The van der Waals surface area contributed by atoms with Gasteiger partial charge in [-0.15, -0.1) is 10.2 Å². The van der Waals surface area contributed by atoms with Crippen molar-refractivity contribution in [2.24, 2.45) is 7.05 Å². The number of halogens is 2. The number of thioether (sulfide) groups is 1. The van der Waals surface area contributed by atoms with Gasteiger partial charge >= 0.3 is 0 Å². The maximum absolute atomic E-state index is 14.0. The molecule has 3 aromatic rings. The molecule has 5 nitrogen and oxygen atoms in total. The standard InChI is InChI=1S/C19H17ClFN3O2S/c1-24-18(12-6-7-16-17(10-12)26-9-3-8-25-16)22-23-19(24)27-11-13-14(20)4-2-5-15(13)21/h2,4-7,10H,3,8-9,11H2,1H3. The van der Waals surface area contributed by atoms with Crippen molar-refractivity contribution in [3.05, 3.63) is 52.8 Å². The lowest BCUT2D eigenvalue weighted by molar-refractivity contribution is 0.297. The van der Waals surface area contributed by atoms with Gasteiger partial charge in [0.15, 0.2) is 22.5 Å². The summed E-state index contributed by atoms with van der Waals surface area (Å²) in [7, 11) is 1.88. The Morgan fingerprint density at radius 1 is 1.15 bits per heavy atom. The van der Waals surface area contributed by atoms with E-state index in [0.29, 0.717) is 46.3 Å². The Morgan fingerprint density at radius 3 is 2.78 bits per heavy atom. The highest BCUT2D eigenvalue weighted by atomic mass is 35.5. The summed E-state index contributed by atoms with van der Waals surface area (Å²) in [4.78, 5) is 0. The van der Waals surface area contributed by atoms with Crippen molar-refractivity contribution in [1.82, 2.24) is 14.8 Å². The number of aromatic nitrogens is 3. The van der Waals surface area contributed by atoms with Gasteiger partial charge in [-0.05, 0) is 30.3 Å². The van der Waals surface area contributed by atoms with E-state index in [0.717, 1.165) is 17.7 Å². The van der Waals surface area contributed by atoms with Crippen LogP contribution in [0.5, 0.6) is 11.5 Å². The summed E-state index contributed by atoms with van der Waals surface area (Å²) in [5.41, 5.74) is 1.34. The van der Waals surface area contributed by atoms with Crippen LogP contribution in [0.2, 0.25) is 5.02 Å². The third-order valence-electron chi connectivity index (χ3n) is 4.25. The number of hydrogen-bond donors (Lipinski definition) is 0. The Morgan fingerprint density at radius 2 is 1.96 bits per heavy atom. The number of nitrogens with zero attached hydrogens (tertiary/aromatic N) is 3. The highest BCUT2D eigenvalue weighted by Crippen LogP contribution is 2.35. The van der Waals surface area contributed by atoms with Crippen LogP contribution >= 0.6 is 23.4 Å². The van der Waals surface area contributed by atoms with E-state index < -0.39 is 0 Å². The largest absolute Gasteiger partial charge is 0.490 e. The van der Waals surface area contributed by atoms with Gasteiger partial charge in [0.05, 0.1) is 13.2 Å². The molecule has 0 fully saturated rings. The van der Waals surface area contributed by atoms with E-state index in [4.69, 9.17) is 21.1 Å². The van der Waals surface area contributed by atoms with Gasteiger partial charge < -0.3 is 14.0 Å². The van der Waals surface area contributed by atoms with Crippen LogP contribution in [0, 0.1) is 5.82 Å². The summed E-state index contributed by atoms with van der Waals surface area (Å²) in [5.74, 6) is 2.20. The molecule has 0 spiro atoms. The van der Waals surface area contributed by atoms with Crippen molar-refractivity contribution in [1.29, 1.82) is 0 Å². The van der Waals surface area contributed by atoms with Crippen LogP contribution in [0.25, 0.3) is 11.4 Å². The lowest BCUT2D eigenvalue weighted by Crippen LogP contribution is -1.98. The van der Waals surface area contributed by atoms with E-state index in [-0.39, 0.29) is 5.82 Å². The number of benzene rings is 2. The Balaban J connectivity index is 1.56. The predicted molar refractivity (Wildman–Crippen MR) is 103 cm³/mol. The van der Waals surface area contributed by atoms with Gasteiger partial charge in [-0.2, -0.15) is 0 Å². The molecule has 0 atom stereocenters. The van der Waals surface area contributed by atoms with Crippen LogP contribution in [0.1, 0.15) is 12.0 Å². The summed E-state index contributed by atoms with van der Waals surface area (Å²) in [6.07, 6.45) is 0.855. The normalized spacial score (nSPS) is 13.4. The average molecular weight is 406 g/mol. The van der Waals surface area contributed by atoms with Crippen LogP contribution in [0.3, 0.4) is 0 Å². The molecular formula is C19H17ClFN3O2S. The Hall–Kier alpha value is -2.25. The van der Waals surface area contributed by atoms with E-state index in [1.807, 2.05) is 29.8 Å². The highest BCUT2D eigenvalue weighted by Gasteiger charge is 2.17. The zero-order valence-electron chi connectivity index (χ0n) is 14.6. The molecule has 0 amide bonds. The molecule has 0 radical (unpaired) electrons. The van der Waals surface area contributed by atoms with E-state index in [2.05, 4.69) is 10.2 Å². The molecule has 1 aromatic heterocycles. The second kappa shape index (κ2) is 7.78. The molecule has 0 unspecified atom stereocenters. The van der Waals surface area contributed by atoms with Gasteiger partial charge in [-0.3, -0.25) is 0 Å². The molecule has 1 aliphatic heterocycles. The van der Waals surface area contributed by atoms with Gasteiger partial charge in [0.1, 0.15) is 5.82 Å². The molecule has 0 aliphatic carbocycles. The van der Waals surface area contributed by atoms with Crippen LogP contribution in [-0.2, 0) is 12.8 Å². The molecule has 1 aliphatic rings. The molecule has 0 saturated heterocycles. The van der Waals surface area contributed by atoms with Gasteiger partial charge in [0, 0.05) is 35.4 Å². The van der Waals surface area contributed by atoms with Crippen molar-refractivity contribution in [2.45, 2.75) is 17.3 Å². The summed E-state index contributed by atoms with van der Waals surface area (Å²) in [6.45, 7) is 1.27. The first-order valence-corrected chi connectivity index (χ1v) is 9.85. The quantitative estimate of drug-likeness (QED) is 0.587. The maximum Gasteiger partial charge on any atom is 0.191 e. The Kier molecular flexibility index (Phi) is 5.22. The Labute approximate surface area is 165 Å². The lowest BCUT2D eigenvalue weighted by Gasteiger charge is -2.09. The molecule has 0 saturated carbocycles. The van der Waals surface area contributed by atoms with Crippen LogP contribution in [0.4, 0.5) is 4.39 Å². The molecule has 4 rings (SSSR count). The van der Waals surface area contributed by atoms with Crippen molar-refractivity contribution in [2.75, 3.05) is 13.2 Å². The highest BCUT2D eigenvalue weighted by molar-refractivity contribution is 7.98. The third-order valence-corrected chi connectivity index (χ3v) is 5.65.